The van der Waals surface area contributed by atoms with Crippen molar-refractivity contribution in [3.05, 3.63) is 64.9 Å². The van der Waals surface area contributed by atoms with Gasteiger partial charge in [-0.05, 0) is 61.0 Å². The summed E-state index contributed by atoms with van der Waals surface area (Å²) in [6.07, 6.45) is 2.52. The number of ether oxygens (including phenoxy) is 3. The van der Waals surface area contributed by atoms with Crippen LogP contribution in [0, 0.1) is 6.92 Å². The third-order valence-electron chi connectivity index (χ3n) is 4.78. The molecule has 1 heterocycles. The van der Waals surface area contributed by atoms with Crippen LogP contribution < -0.4 is 14.8 Å². The number of aryl methyl sites for hydroxylation is 1. The van der Waals surface area contributed by atoms with Gasteiger partial charge in [0.2, 0.25) is 0 Å². The van der Waals surface area contributed by atoms with Crippen molar-refractivity contribution in [2.45, 2.75) is 20.0 Å². The van der Waals surface area contributed by atoms with Gasteiger partial charge in [-0.25, -0.2) is 0 Å². The van der Waals surface area contributed by atoms with Crippen LogP contribution in [0.4, 0.5) is 0 Å². The molecule has 0 bridgehead atoms. The van der Waals surface area contributed by atoms with Gasteiger partial charge in [0.25, 0.3) is 5.91 Å². The summed E-state index contributed by atoms with van der Waals surface area (Å²) in [5.74, 6) is 1.42. The minimum atomic E-state index is -0.135. The second-order valence-corrected chi connectivity index (χ2v) is 7.30. The molecule has 0 spiro atoms. The fourth-order valence-electron chi connectivity index (χ4n) is 3.18. The lowest BCUT2D eigenvalue weighted by Gasteiger charge is -2.13. The van der Waals surface area contributed by atoms with Crippen molar-refractivity contribution in [3.8, 4) is 11.5 Å². The summed E-state index contributed by atoms with van der Waals surface area (Å²) in [7, 11) is 3.26. The average Bonchev–Trinajstić information content (AvgIpc) is 3.01. The molecule has 2 aromatic rings. The number of hydrogen-bond donors (Lipinski definition) is 1. The second-order valence-electron chi connectivity index (χ2n) is 6.92. The maximum absolute atomic E-state index is 12.7. The largest absolute Gasteiger partial charge is 0.496 e. The highest BCUT2D eigenvalue weighted by Crippen LogP contribution is 2.25. The summed E-state index contributed by atoms with van der Waals surface area (Å²) >= 11 is 5.31. The Kier molecular flexibility index (Phi) is 7.43. The number of carbonyl (C=O) groups is 1. The molecule has 1 N–H and O–H groups in total. The number of methoxy groups -OCH3 is 2. The standard InChI is InChI=1S/C23H26N2O4S/c1-16-7-4-5-8-20(16)29-15-18-13-17(9-10-21(18)28-3)14-19-22(26)25(23(30)24-19)11-6-12-27-2/h4-5,7-10,13-14H,6,11-12,15H2,1-3H3,(H,24,30)/b19-14+. The molecule has 0 atom stereocenters. The summed E-state index contributed by atoms with van der Waals surface area (Å²) < 4.78 is 16.5. The van der Waals surface area contributed by atoms with Crippen molar-refractivity contribution >= 4 is 29.3 Å². The first-order valence-corrected chi connectivity index (χ1v) is 10.1. The molecule has 0 aromatic heterocycles. The highest BCUT2D eigenvalue weighted by atomic mass is 32.1. The average molecular weight is 427 g/mol. The van der Waals surface area contributed by atoms with E-state index < -0.39 is 0 Å². The Bertz CT molecular complexity index is 958. The highest BCUT2D eigenvalue weighted by Gasteiger charge is 2.30. The Morgan fingerprint density at radius 3 is 2.67 bits per heavy atom. The van der Waals surface area contributed by atoms with Crippen LogP contribution in [0.1, 0.15) is 23.1 Å². The van der Waals surface area contributed by atoms with Crippen molar-refractivity contribution in [1.29, 1.82) is 0 Å². The highest BCUT2D eigenvalue weighted by molar-refractivity contribution is 7.80. The Labute approximate surface area is 182 Å². The van der Waals surface area contributed by atoms with Crippen LogP contribution in [0.3, 0.4) is 0 Å². The second kappa shape index (κ2) is 10.2. The minimum absolute atomic E-state index is 0.135. The van der Waals surface area contributed by atoms with E-state index in [0.717, 1.165) is 34.6 Å². The zero-order valence-corrected chi connectivity index (χ0v) is 18.3. The molecule has 2 aromatic carbocycles. The predicted octanol–water partition coefficient (Wildman–Crippen LogP) is 3.68. The molecule has 1 saturated heterocycles. The van der Waals surface area contributed by atoms with Gasteiger partial charge < -0.3 is 19.5 Å². The molecular formula is C23H26N2O4S. The van der Waals surface area contributed by atoms with E-state index in [1.807, 2.05) is 49.4 Å². The molecule has 1 fully saturated rings. The van der Waals surface area contributed by atoms with E-state index in [4.69, 9.17) is 26.4 Å². The first-order valence-electron chi connectivity index (χ1n) is 9.72. The van der Waals surface area contributed by atoms with E-state index in [1.54, 1.807) is 25.2 Å². The van der Waals surface area contributed by atoms with E-state index in [1.165, 1.54) is 0 Å². The van der Waals surface area contributed by atoms with E-state index in [2.05, 4.69) is 5.32 Å². The molecule has 0 saturated carbocycles. The number of amides is 1. The summed E-state index contributed by atoms with van der Waals surface area (Å²) in [5.41, 5.74) is 3.27. The molecule has 158 valence electrons. The number of nitrogens with zero attached hydrogens (tertiary/aromatic N) is 1. The molecule has 1 aliphatic rings. The van der Waals surface area contributed by atoms with Gasteiger partial charge in [0.15, 0.2) is 5.11 Å². The molecule has 6 nitrogen and oxygen atoms in total. The molecule has 0 radical (unpaired) electrons. The number of para-hydroxylation sites is 1. The molecule has 7 heteroatoms. The summed E-state index contributed by atoms with van der Waals surface area (Å²) in [6, 6.07) is 13.6. The lowest BCUT2D eigenvalue weighted by molar-refractivity contribution is -0.122. The molecule has 0 unspecified atom stereocenters. The zero-order chi connectivity index (χ0) is 21.5. The smallest absolute Gasteiger partial charge is 0.276 e. The number of carbonyl (C=O) groups excluding carboxylic acids is 1. The van der Waals surface area contributed by atoms with Gasteiger partial charge in [0, 0.05) is 25.8 Å². The zero-order valence-electron chi connectivity index (χ0n) is 17.4. The van der Waals surface area contributed by atoms with Crippen molar-refractivity contribution in [3.63, 3.8) is 0 Å². The van der Waals surface area contributed by atoms with Crippen LogP contribution >= 0.6 is 12.2 Å². The normalized spacial score (nSPS) is 14.9. The van der Waals surface area contributed by atoms with E-state index in [9.17, 15) is 4.79 Å². The van der Waals surface area contributed by atoms with Gasteiger partial charge in [0.1, 0.15) is 23.8 Å². The van der Waals surface area contributed by atoms with Gasteiger partial charge in [-0.1, -0.05) is 24.3 Å². The van der Waals surface area contributed by atoms with Gasteiger partial charge in [-0.15, -0.1) is 0 Å². The van der Waals surface area contributed by atoms with Gasteiger partial charge in [0.05, 0.1) is 7.11 Å². The molecular weight excluding hydrogens is 400 g/mol. The fraction of sp³-hybridized carbons (Fsp3) is 0.304. The van der Waals surface area contributed by atoms with Crippen LogP contribution in [0.2, 0.25) is 0 Å². The molecule has 0 aliphatic carbocycles. The first-order chi connectivity index (χ1) is 14.5. The van der Waals surface area contributed by atoms with Crippen LogP contribution in [0.5, 0.6) is 11.5 Å². The Balaban J connectivity index is 1.76. The van der Waals surface area contributed by atoms with Crippen molar-refractivity contribution in [2.24, 2.45) is 0 Å². The number of nitrogens with one attached hydrogen (secondary N) is 1. The van der Waals surface area contributed by atoms with Gasteiger partial charge in [-0.3, -0.25) is 9.69 Å². The van der Waals surface area contributed by atoms with Crippen molar-refractivity contribution < 1.29 is 19.0 Å². The van der Waals surface area contributed by atoms with Gasteiger partial charge >= 0.3 is 0 Å². The van der Waals surface area contributed by atoms with Crippen LogP contribution in [0.15, 0.2) is 48.2 Å². The van der Waals surface area contributed by atoms with Crippen molar-refractivity contribution in [2.75, 3.05) is 27.4 Å². The minimum Gasteiger partial charge on any atom is -0.496 e. The monoisotopic (exact) mass is 426 g/mol. The molecule has 1 aliphatic heterocycles. The SMILES string of the molecule is COCCCN1C(=O)/C(=C\c2ccc(OC)c(COc3ccccc3C)c2)NC1=S. The van der Waals surface area contributed by atoms with E-state index in [0.29, 0.717) is 30.6 Å². The number of hydrogen-bond acceptors (Lipinski definition) is 5. The third-order valence-corrected chi connectivity index (χ3v) is 5.11. The van der Waals surface area contributed by atoms with E-state index >= 15 is 0 Å². The summed E-state index contributed by atoms with van der Waals surface area (Å²) in [5, 5.41) is 3.42. The fourth-order valence-corrected chi connectivity index (χ4v) is 3.47. The first kappa shape index (κ1) is 21.8. The van der Waals surface area contributed by atoms with E-state index in [-0.39, 0.29) is 5.91 Å². The Morgan fingerprint density at radius 2 is 1.93 bits per heavy atom. The third kappa shape index (κ3) is 5.17. The van der Waals surface area contributed by atoms with Crippen LogP contribution in [-0.2, 0) is 16.1 Å². The quantitative estimate of drug-likeness (QED) is 0.375. The Morgan fingerprint density at radius 1 is 1.13 bits per heavy atom. The molecule has 3 rings (SSSR count). The maximum Gasteiger partial charge on any atom is 0.276 e. The predicted molar refractivity (Wildman–Crippen MR) is 120 cm³/mol. The Hall–Kier alpha value is -2.90. The number of rotatable bonds is 9. The lowest BCUT2D eigenvalue weighted by Crippen LogP contribution is -2.32. The number of thiocarbonyl (C=S) groups is 1. The molecule has 30 heavy (non-hydrogen) atoms. The lowest BCUT2D eigenvalue weighted by atomic mass is 10.1. The summed E-state index contributed by atoms with van der Waals surface area (Å²) in [6.45, 7) is 3.46. The van der Waals surface area contributed by atoms with Crippen LogP contribution in [-0.4, -0.2) is 43.3 Å². The topological polar surface area (TPSA) is 60.0 Å². The van der Waals surface area contributed by atoms with Crippen LogP contribution in [0.25, 0.3) is 6.08 Å². The summed E-state index contributed by atoms with van der Waals surface area (Å²) in [4.78, 5) is 14.2. The maximum atomic E-state index is 12.7. The van der Waals surface area contributed by atoms with Crippen molar-refractivity contribution in [1.82, 2.24) is 10.2 Å². The number of benzene rings is 2. The van der Waals surface area contributed by atoms with Gasteiger partial charge in [-0.2, -0.15) is 0 Å². The molecule has 1 amide bonds.